The van der Waals surface area contributed by atoms with Crippen LogP contribution in [0.1, 0.15) is 6.92 Å². The molecule has 12 heavy (non-hydrogen) atoms. The van der Waals surface area contributed by atoms with Crippen LogP contribution in [0.15, 0.2) is 0 Å². The Morgan fingerprint density at radius 2 is 1.33 bits per heavy atom. The van der Waals surface area contributed by atoms with E-state index in [2.05, 4.69) is 24.6 Å². The fourth-order valence-corrected chi connectivity index (χ4v) is 0. The molecule has 70 valence electrons. The fourth-order valence-electron chi connectivity index (χ4n) is 0. The van der Waals surface area contributed by atoms with Crippen LogP contribution in [0.4, 0.5) is 12.9 Å². The van der Waals surface area contributed by atoms with Crippen molar-refractivity contribution in [2.24, 2.45) is 0 Å². The van der Waals surface area contributed by atoms with E-state index in [0.717, 1.165) is 0 Å². The number of hydrogen-bond donors (Lipinski definition) is 3. The van der Waals surface area contributed by atoms with Gasteiger partial charge in [0.05, 0.1) is 0 Å². The average molecular weight is 202 g/mol. The molecule has 10 heteroatoms. The Morgan fingerprint density at radius 1 is 1.33 bits per heavy atom. The Hall–Kier alpha value is 0.562. The molecule has 0 aliphatic heterocycles. The fraction of sp³-hybridized carbons (Fsp3) is 1.00. The summed E-state index contributed by atoms with van der Waals surface area (Å²) in [5.41, 5.74) is 0. The van der Waals surface area contributed by atoms with Gasteiger partial charge >= 0.3 is 45.1 Å². The Kier molecular flexibility index (Phi) is 17.7. The first-order chi connectivity index (χ1) is 5.15. The maximum atomic E-state index is 9.67. The van der Waals surface area contributed by atoms with Crippen molar-refractivity contribution in [3.8, 4) is 0 Å². The SMILES string of the molecule is FB(F)F.O=P(O)(O)O.[Li][CH2]C. The van der Waals surface area contributed by atoms with Crippen molar-refractivity contribution in [1.82, 2.24) is 0 Å². The van der Waals surface area contributed by atoms with Gasteiger partial charge in [-0.25, -0.2) is 4.57 Å². The van der Waals surface area contributed by atoms with E-state index < -0.39 is 15.4 Å². The van der Waals surface area contributed by atoms with Gasteiger partial charge in [-0.15, -0.1) is 0 Å². The Labute approximate surface area is 77.8 Å². The molecule has 0 aromatic heterocycles. The summed E-state index contributed by atoms with van der Waals surface area (Å²) in [7, 11) is -8.31. The molecular weight excluding hydrogens is 194 g/mol. The molecule has 0 unspecified atom stereocenters. The van der Waals surface area contributed by atoms with E-state index in [-0.39, 0.29) is 0 Å². The van der Waals surface area contributed by atoms with E-state index in [0.29, 0.717) is 0 Å². The number of halogens is 3. The Morgan fingerprint density at radius 3 is 1.33 bits per heavy atom. The minimum absolute atomic E-state index is 1.25. The van der Waals surface area contributed by atoms with Crippen LogP contribution in [0.5, 0.6) is 0 Å². The monoisotopic (exact) mass is 202 g/mol. The maximum absolute atomic E-state index is 9.67. The molecule has 0 fully saturated rings. The van der Waals surface area contributed by atoms with E-state index in [1.54, 1.807) is 0 Å². The molecule has 0 heterocycles. The van der Waals surface area contributed by atoms with Crippen LogP contribution in [0.2, 0.25) is 5.09 Å². The van der Waals surface area contributed by atoms with Gasteiger partial charge in [-0.05, 0) is 0 Å². The summed E-state index contributed by atoms with van der Waals surface area (Å²) in [5, 5.41) is 1.25. The second kappa shape index (κ2) is 11.6. The molecule has 3 N–H and O–H groups in total. The van der Waals surface area contributed by atoms with Crippen LogP contribution in [-0.4, -0.2) is 39.9 Å². The van der Waals surface area contributed by atoms with E-state index in [1.807, 2.05) is 0 Å². The summed E-state index contributed by atoms with van der Waals surface area (Å²) >= 11 is 2.12. The molecule has 0 saturated heterocycles. The van der Waals surface area contributed by atoms with Gasteiger partial charge in [-0.3, -0.25) is 12.9 Å². The zero-order chi connectivity index (χ0) is 10.8. The molecule has 0 atom stereocenters. The average Bonchev–Trinajstić information content (AvgIpc) is 1.56. The van der Waals surface area contributed by atoms with Crippen molar-refractivity contribution >= 4 is 33.1 Å². The number of hydrogen-bond acceptors (Lipinski definition) is 1. The van der Waals surface area contributed by atoms with E-state index in [1.165, 1.54) is 5.09 Å². The first-order valence-electron chi connectivity index (χ1n) is 2.85. The predicted molar refractivity (Wildman–Crippen MR) is 39.6 cm³/mol. The summed E-state index contributed by atoms with van der Waals surface area (Å²) < 4.78 is 37.9. The molecule has 4 nitrogen and oxygen atoms in total. The molecule has 0 bridgehead atoms. The standard InChI is InChI=1S/C2H5.BF3.Li.H3O4P/c1-2;2-1(3)4;;1-5(2,3)4/h1H2,2H3;;;(H3,1,2,3,4). The zero-order valence-electron chi connectivity index (χ0n) is 6.62. The van der Waals surface area contributed by atoms with E-state index in [9.17, 15) is 12.9 Å². The molecule has 0 aliphatic carbocycles. The van der Waals surface area contributed by atoms with Gasteiger partial charge in [0.15, 0.2) is 0 Å². The first-order valence-corrected chi connectivity index (χ1v) is 4.42. The molecule has 0 rings (SSSR count). The predicted octanol–water partition coefficient (Wildman–Crippen LogP) is 0.544. The second-order valence-electron chi connectivity index (χ2n) is 1.47. The molecule has 0 aliphatic rings. The Balaban J connectivity index is -0.000000105. The first kappa shape index (κ1) is 18.4. The summed E-state index contributed by atoms with van der Waals surface area (Å²) in [6.07, 6.45) is 0. The summed E-state index contributed by atoms with van der Waals surface area (Å²) in [6.45, 7) is 2.12. The molecule has 0 amide bonds. The van der Waals surface area contributed by atoms with Crippen LogP contribution in [0.25, 0.3) is 0 Å². The molecule has 0 aromatic carbocycles. The van der Waals surface area contributed by atoms with E-state index in [4.69, 9.17) is 19.2 Å². The van der Waals surface area contributed by atoms with Gasteiger partial charge < -0.3 is 14.7 Å². The van der Waals surface area contributed by atoms with Crippen LogP contribution >= 0.6 is 7.82 Å². The summed E-state index contributed by atoms with van der Waals surface area (Å²) in [5.74, 6) is 0. The van der Waals surface area contributed by atoms with Crippen LogP contribution < -0.4 is 0 Å². The van der Waals surface area contributed by atoms with Crippen molar-refractivity contribution < 1.29 is 32.2 Å². The van der Waals surface area contributed by atoms with E-state index >= 15 is 0 Å². The van der Waals surface area contributed by atoms with Crippen molar-refractivity contribution in [3.63, 3.8) is 0 Å². The topological polar surface area (TPSA) is 77.8 Å². The van der Waals surface area contributed by atoms with Crippen LogP contribution in [-0.2, 0) is 4.57 Å². The van der Waals surface area contributed by atoms with Gasteiger partial charge in [0, 0.05) is 0 Å². The van der Waals surface area contributed by atoms with Crippen LogP contribution in [0, 0.1) is 0 Å². The van der Waals surface area contributed by atoms with Gasteiger partial charge in [-0.1, -0.05) is 0 Å². The van der Waals surface area contributed by atoms with Gasteiger partial charge in [0.25, 0.3) is 0 Å². The van der Waals surface area contributed by atoms with Gasteiger partial charge in [-0.2, -0.15) is 0 Å². The van der Waals surface area contributed by atoms with Crippen molar-refractivity contribution in [2.75, 3.05) is 0 Å². The molecule has 0 aromatic rings. The minimum atomic E-state index is -4.64. The van der Waals surface area contributed by atoms with Crippen molar-refractivity contribution in [2.45, 2.75) is 12.0 Å². The molecule has 0 spiro atoms. The normalized spacial score (nSPS) is 8.75. The van der Waals surface area contributed by atoms with Gasteiger partial charge in [0.2, 0.25) is 0 Å². The zero-order valence-corrected chi connectivity index (χ0v) is 7.51. The molecule has 0 saturated carbocycles. The molecule has 0 radical (unpaired) electrons. The Bertz CT molecular complexity index is 110. The molecular formula is C2H8BF3LiO4P. The number of phosphoric acid groups is 1. The third kappa shape index (κ3) is 3050. The third-order valence-electron chi connectivity index (χ3n) is 0. The third-order valence-corrected chi connectivity index (χ3v) is 0. The van der Waals surface area contributed by atoms with Crippen molar-refractivity contribution in [1.29, 1.82) is 0 Å². The van der Waals surface area contributed by atoms with Gasteiger partial charge in [0.1, 0.15) is 0 Å². The quantitative estimate of drug-likeness (QED) is 0.395. The second-order valence-corrected chi connectivity index (χ2v) is 2.49. The summed E-state index contributed by atoms with van der Waals surface area (Å²) in [4.78, 5) is 21.6. The van der Waals surface area contributed by atoms with Crippen molar-refractivity contribution in [3.05, 3.63) is 0 Å². The van der Waals surface area contributed by atoms with Crippen LogP contribution in [0.3, 0.4) is 0 Å². The summed E-state index contributed by atoms with van der Waals surface area (Å²) in [6, 6.07) is 0. The number of rotatable bonds is 0.